The number of hydrogen-bond donors (Lipinski definition) is 2. The lowest BCUT2D eigenvalue weighted by molar-refractivity contribution is 0.583. The van der Waals surface area contributed by atoms with Gasteiger partial charge in [-0.3, -0.25) is 9.67 Å². The molecule has 1 heterocycles. The van der Waals surface area contributed by atoms with Crippen LogP contribution in [0.15, 0.2) is 47.7 Å². The molecule has 1 aromatic heterocycles. The summed E-state index contributed by atoms with van der Waals surface area (Å²) in [6, 6.07) is 8.70. The van der Waals surface area contributed by atoms with E-state index in [1.54, 1.807) is 18.3 Å². The maximum Gasteiger partial charge on any atom is 0.191 e. The third kappa shape index (κ3) is 6.81. The van der Waals surface area contributed by atoms with Crippen molar-refractivity contribution < 1.29 is 4.39 Å². The van der Waals surface area contributed by atoms with Gasteiger partial charge in [0, 0.05) is 38.6 Å². The highest BCUT2D eigenvalue weighted by Gasteiger charge is 1.99. The highest BCUT2D eigenvalue weighted by atomic mass is 19.1. The Bertz CT molecular complexity index is 610. The summed E-state index contributed by atoms with van der Waals surface area (Å²) in [5, 5.41) is 10.7. The smallest absolute Gasteiger partial charge is 0.191 e. The Hall–Kier alpha value is -2.37. The zero-order valence-corrected chi connectivity index (χ0v) is 14.2. The van der Waals surface area contributed by atoms with Crippen LogP contribution in [-0.4, -0.2) is 35.4 Å². The molecule has 0 bridgehead atoms. The standard InChI is InChI=1S/C18H26FN5/c1-2-20-18(22-11-5-13-24-14-6-12-23-24)21-10-4-8-16-7-3-9-17(19)15-16/h3,6-7,9,12,14-15H,2,4-5,8,10-11,13H2,1H3,(H2,20,21,22). The molecule has 0 unspecified atom stereocenters. The van der Waals surface area contributed by atoms with Crippen molar-refractivity contribution in [2.75, 3.05) is 19.6 Å². The van der Waals surface area contributed by atoms with E-state index >= 15 is 0 Å². The number of aryl methyl sites for hydroxylation is 2. The van der Waals surface area contributed by atoms with Crippen molar-refractivity contribution in [3.05, 3.63) is 54.1 Å². The molecule has 0 atom stereocenters. The molecule has 2 rings (SSSR count). The van der Waals surface area contributed by atoms with Crippen LogP contribution in [-0.2, 0) is 13.0 Å². The molecule has 0 aliphatic heterocycles. The minimum absolute atomic E-state index is 0.174. The van der Waals surface area contributed by atoms with Crippen molar-refractivity contribution in [1.82, 2.24) is 20.4 Å². The van der Waals surface area contributed by atoms with Crippen LogP contribution >= 0.6 is 0 Å². The second-order valence-corrected chi connectivity index (χ2v) is 5.54. The van der Waals surface area contributed by atoms with E-state index < -0.39 is 0 Å². The van der Waals surface area contributed by atoms with Gasteiger partial charge in [0.2, 0.25) is 0 Å². The first-order valence-electron chi connectivity index (χ1n) is 8.52. The first-order chi connectivity index (χ1) is 11.8. The number of hydrogen-bond acceptors (Lipinski definition) is 2. The summed E-state index contributed by atoms with van der Waals surface area (Å²) in [6.45, 7) is 5.30. The van der Waals surface area contributed by atoms with Crippen molar-refractivity contribution in [3.8, 4) is 0 Å². The Labute approximate surface area is 143 Å². The largest absolute Gasteiger partial charge is 0.357 e. The molecule has 0 fully saturated rings. The molecule has 24 heavy (non-hydrogen) atoms. The van der Waals surface area contributed by atoms with Gasteiger partial charge in [-0.1, -0.05) is 12.1 Å². The van der Waals surface area contributed by atoms with E-state index in [9.17, 15) is 4.39 Å². The van der Waals surface area contributed by atoms with Gasteiger partial charge in [0.15, 0.2) is 5.96 Å². The van der Waals surface area contributed by atoms with Crippen LogP contribution in [0.3, 0.4) is 0 Å². The van der Waals surface area contributed by atoms with Gasteiger partial charge in [-0.05, 0) is 49.9 Å². The molecule has 0 saturated carbocycles. The zero-order valence-electron chi connectivity index (χ0n) is 14.2. The Morgan fingerprint density at radius 2 is 2.17 bits per heavy atom. The van der Waals surface area contributed by atoms with Gasteiger partial charge < -0.3 is 10.6 Å². The fraction of sp³-hybridized carbons (Fsp3) is 0.444. The van der Waals surface area contributed by atoms with Crippen LogP contribution in [0.1, 0.15) is 25.3 Å². The molecular weight excluding hydrogens is 305 g/mol. The average molecular weight is 331 g/mol. The van der Waals surface area contributed by atoms with Gasteiger partial charge in [0.05, 0.1) is 0 Å². The van der Waals surface area contributed by atoms with Crippen LogP contribution in [0.2, 0.25) is 0 Å². The van der Waals surface area contributed by atoms with E-state index in [0.717, 1.165) is 57.0 Å². The SMILES string of the molecule is CCNC(=NCCCn1cccn1)NCCCc1cccc(F)c1. The Morgan fingerprint density at radius 3 is 2.92 bits per heavy atom. The second-order valence-electron chi connectivity index (χ2n) is 5.54. The van der Waals surface area contributed by atoms with E-state index in [0.29, 0.717) is 0 Å². The summed E-state index contributed by atoms with van der Waals surface area (Å²) in [5.74, 6) is 0.657. The molecule has 0 radical (unpaired) electrons. The topological polar surface area (TPSA) is 54.2 Å². The number of guanidine groups is 1. The van der Waals surface area contributed by atoms with Gasteiger partial charge in [-0.25, -0.2) is 4.39 Å². The summed E-state index contributed by atoms with van der Waals surface area (Å²) in [7, 11) is 0. The number of nitrogens with one attached hydrogen (secondary N) is 2. The molecule has 0 aliphatic carbocycles. The number of halogens is 1. The van der Waals surface area contributed by atoms with Gasteiger partial charge in [0.25, 0.3) is 0 Å². The van der Waals surface area contributed by atoms with Crippen LogP contribution in [0.25, 0.3) is 0 Å². The van der Waals surface area contributed by atoms with Crippen molar-refractivity contribution >= 4 is 5.96 Å². The third-order valence-electron chi connectivity index (χ3n) is 3.54. The van der Waals surface area contributed by atoms with E-state index in [1.165, 1.54) is 6.07 Å². The Morgan fingerprint density at radius 1 is 1.25 bits per heavy atom. The predicted molar refractivity (Wildman–Crippen MR) is 95.5 cm³/mol. The highest BCUT2D eigenvalue weighted by Crippen LogP contribution is 2.05. The lowest BCUT2D eigenvalue weighted by atomic mass is 10.1. The van der Waals surface area contributed by atoms with Crippen molar-refractivity contribution in [3.63, 3.8) is 0 Å². The summed E-state index contributed by atoms with van der Waals surface area (Å²) in [4.78, 5) is 4.56. The minimum Gasteiger partial charge on any atom is -0.357 e. The first-order valence-corrected chi connectivity index (χ1v) is 8.52. The fourth-order valence-electron chi connectivity index (χ4n) is 2.39. The second kappa shape index (κ2) is 10.4. The summed E-state index contributed by atoms with van der Waals surface area (Å²) >= 11 is 0. The quantitative estimate of drug-likeness (QED) is 0.422. The van der Waals surface area contributed by atoms with Crippen LogP contribution in [0.4, 0.5) is 4.39 Å². The maximum atomic E-state index is 13.1. The van der Waals surface area contributed by atoms with Crippen molar-refractivity contribution in [2.45, 2.75) is 32.7 Å². The number of nitrogens with zero attached hydrogens (tertiary/aromatic N) is 3. The van der Waals surface area contributed by atoms with E-state index in [2.05, 4.69) is 20.7 Å². The molecule has 6 heteroatoms. The van der Waals surface area contributed by atoms with E-state index in [1.807, 2.05) is 29.9 Å². The number of rotatable bonds is 9. The van der Waals surface area contributed by atoms with Gasteiger partial charge in [0.1, 0.15) is 5.82 Å². The monoisotopic (exact) mass is 331 g/mol. The molecule has 130 valence electrons. The first kappa shape index (κ1) is 18.0. The summed E-state index contributed by atoms with van der Waals surface area (Å²) in [5.41, 5.74) is 1.03. The number of benzene rings is 1. The molecule has 1 aromatic carbocycles. The van der Waals surface area contributed by atoms with Crippen LogP contribution < -0.4 is 10.6 Å². The molecule has 5 nitrogen and oxygen atoms in total. The molecule has 2 N–H and O–H groups in total. The van der Waals surface area contributed by atoms with Crippen LogP contribution in [0, 0.1) is 5.82 Å². The Balaban J connectivity index is 1.67. The molecule has 0 amide bonds. The molecule has 2 aromatic rings. The van der Waals surface area contributed by atoms with Crippen LogP contribution in [0.5, 0.6) is 0 Å². The maximum absolute atomic E-state index is 13.1. The predicted octanol–water partition coefficient (Wildman–Crippen LogP) is 2.60. The third-order valence-corrected chi connectivity index (χ3v) is 3.54. The fourth-order valence-corrected chi connectivity index (χ4v) is 2.39. The molecular formula is C18H26FN5. The summed E-state index contributed by atoms with van der Waals surface area (Å²) in [6.07, 6.45) is 6.47. The van der Waals surface area contributed by atoms with Crippen molar-refractivity contribution in [2.24, 2.45) is 4.99 Å². The molecule has 0 spiro atoms. The minimum atomic E-state index is -0.174. The normalized spacial score (nSPS) is 11.5. The molecule has 0 saturated heterocycles. The average Bonchev–Trinajstić information content (AvgIpc) is 3.09. The lowest BCUT2D eigenvalue weighted by Gasteiger charge is -2.11. The van der Waals surface area contributed by atoms with Gasteiger partial charge >= 0.3 is 0 Å². The summed E-state index contributed by atoms with van der Waals surface area (Å²) < 4.78 is 15.0. The highest BCUT2D eigenvalue weighted by molar-refractivity contribution is 5.79. The van der Waals surface area contributed by atoms with Gasteiger partial charge in [-0.2, -0.15) is 5.10 Å². The Kier molecular flexibility index (Phi) is 7.80. The zero-order chi connectivity index (χ0) is 17.0. The number of aliphatic imine (C=N–C) groups is 1. The molecule has 0 aliphatic rings. The van der Waals surface area contributed by atoms with Gasteiger partial charge in [-0.15, -0.1) is 0 Å². The van der Waals surface area contributed by atoms with Crippen molar-refractivity contribution in [1.29, 1.82) is 0 Å². The van der Waals surface area contributed by atoms with E-state index in [4.69, 9.17) is 0 Å². The lowest BCUT2D eigenvalue weighted by Crippen LogP contribution is -2.38. The van der Waals surface area contributed by atoms with E-state index in [-0.39, 0.29) is 5.82 Å². The number of aromatic nitrogens is 2.